The lowest BCUT2D eigenvalue weighted by atomic mass is 9.97. The second-order valence-electron chi connectivity index (χ2n) is 5.48. The summed E-state index contributed by atoms with van der Waals surface area (Å²) in [4.78, 5) is 40.6. The van der Waals surface area contributed by atoms with Crippen LogP contribution in [0.2, 0.25) is 0 Å². The van der Waals surface area contributed by atoms with Gasteiger partial charge in [-0.2, -0.15) is 0 Å². The van der Waals surface area contributed by atoms with E-state index in [-0.39, 0.29) is 24.5 Å². The van der Waals surface area contributed by atoms with Crippen LogP contribution >= 0.6 is 11.3 Å². The van der Waals surface area contributed by atoms with Crippen molar-refractivity contribution in [3.8, 4) is 0 Å². The fourth-order valence-electron chi connectivity index (χ4n) is 2.96. The summed E-state index contributed by atoms with van der Waals surface area (Å²) < 4.78 is 5.77. The number of nitrogens with one attached hydrogen (secondary N) is 1. The van der Waals surface area contributed by atoms with Gasteiger partial charge in [0.05, 0.1) is 12.5 Å². The Labute approximate surface area is 130 Å². The zero-order valence-electron chi connectivity index (χ0n) is 12.4. The van der Waals surface area contributed by atoms with Crippen LogP contribution in [0, 0.1) is 0 Å². The van der Waals surface area contributed by atoms with Crippen LogP contribution in [0.5, 0.6) is 0 Å². The highest BCUT2D eigenvalue weighted by atomic mass is 32.1. The van der Waals surface area contributed by atoms with Crippen molar-refractivity contribution >= 4 is 27.5 Å². The Morgan fingerprint density at radius 3 is 2.86 bits per heavy atom. The Bertz CT molecular complexity index is 830. The maximum atomic E-state index is 12.7. The smallest absolute Gasteiger partial charge is 0.329 e. The fraction of sp³-hybridized carbons (Fsp3) is 0.533. The molecule has 0 saturated carbocycles. The van der Waals surface area contributed by atoms with E-state index >= 15 is 0 Å². The van der Waals surface area contributed by atoms with Gasteiger partial charge in [-0.15, -0.1) is 11.3 Å². The Hall–Kier alpha value is -1.89. The molecule has 0 aliphatic heterocycles. The quantitative estimate of drug-likeness (QED) is 0.867. The number of carbonyl (C=O) groups excluding carboxylic acids is 1. The average molecular weight is 322 g/mol. The average Bonchev–Trinajstić information content (AvgIpc) is 2.88. The first kappa shape index (κ1) is 15.0. The van der Waals surface area contributed by atoms with Crippen LogP contribution in [0.15, 0.2) is 9.59 Å². The molecule has 1 aliphatic rings. The molecule has 6 nitrogen and oxygen atoms in total. The summed E-state index contributed by atoms with van der Waals surface area (Å²) in [5.41, 5.74) is 0.471. The summed E-state index contributed by atoms with van der Waals surface area (Å²) >= 11 is 1.53. The van der Waals surface area contributed by atoms with Crippen LogP contribution in [0.1, 0.15) is 36.1 Å². The SMILES string of the molecule is COC(=O)CCCn1c(=O)[nH]c2sc3c(c2c1=O)CCCC3. The van der Waals surface area contributed by atoms with E-state index in [1.165, 1.54) is 27.9 Å². The van der Waals surface area contributed by atoms with Gasteiger partial charge in [0, 0.05) is 17.8 Å². The van der Waals surface area contributed by atoms with E-state index in [9.17, 15) is 14.4 Å². The molecule has 2 aromatic rings. The molecule has 0 bridgehead atoms. The van der Waals surface area contributed by atoms with Gasteiger partial charge in [-0.05, 0) is 37.7 Å². The molecule has 0 spiro atoms. The van der Waals surface area contributed by atoms with Crippen molar-refractivity contribution in [2.75, 3.05) is 7.11 Å². The van der Waals surface area contributed by atoms with Crippen molar-refractivity contribution in [1.29, 1.82) is 0 Å². The highest BCUT2D eigenvalue weighted by Gasteiger charge is 2.20. The maximum Gasteiger partial charge on any atom is 0.329 e. The van der Waals surface area contributed by atoms with Crippen LogP contribution < -0.4 is 11.2 Å². The number of aryl methyl sites for hydroxylation is 2. The molecule has 2 aromatic heterocycles. The van der Waals surface area contributed by atoms with E-state index in [2.05, 4.69) is 9.72 Å². The molecule has 1 aliphatic carbocycles. The van der Waals surface area contributed by atoms with E-state index in [1.54, 1.807) is 0 Å². The maximum absolute atomic E-state index is 12.7. The number of ether oxygens (including phenoxy) is 1. The lowest BCUT2D eigenvalue weighted by molar-refractivity contribution is -0.140. The fourth-order valence-corrected chi connectivity index (χ4v) is 4.23. The number of aromatic nitrogens is 2. The number of esters is 1. The number of rotatable bonds is 4. The van der Waals surface area contributed by atoms with E-state index in [1.807, 2.05) is 0 Å². The molecular formula is C15H18N2O4S. The third-order valence-electron chi connectivity index (χ3n) is 4.09. The largest absolute Gasteiger partial charge is 0.469 e. The van der Waals surface area contributed by atoms with Gasteiger partial charge in [0.15, 0.2) is 0 Å². The second-order valence-corrected chi connectivity index (χ2v) is 6.59. The zero-order chi connectivity index (χ0) is 15.7. The Morgan fingerprint density at radius 1 is 1.32 bits per heavy atom. The molecule has 0 atom stereocenters. The number of methoxy groups -OCH3 is 1. The minimum atomic E-state index is -0.402. The molecule has 118 valence electrons. The molecule has 1 N–H and O–H groups in total. The number of hydrogen-bond acceptors (Lipinski definition) is 5. The third-order valence-corrected chi connectivity index (χ3v) is 5.29. The second kappa shape index (κ2) is 6.08. The Morgan fingerprint density at radius 2 is 2.09 bits per heavy atom. The molecule has 0 saturated heterocycles. The zero-order valence-corrected chi connectivity index (χ0v) is 13.3. The summed E-state index contributed by atoms with van der Waals surface area (Å²) in [5, 5.41) is 0.664. The van der Waals surface area contributed by atoms with Gasteiger partial charge < -0.3 is 4.74 Å². The van der Waals surface area contributed by atoms with E-state index in [0.29, 0.717) is 16.6 Å². The Kier molecular flexibility index (Phi) is 4.15. The first-order valence-electron chi connectivity index (χ1n) is 7.46. The predicted molar refractivity (Wildman–Crippen MR) is 84.6 cm³/mol. The van der Waals surface area contributed by atoms with Gasteiger partial charge >= 0.3 is 11.7 Å². The van der Waals surface area contributed by atoms with Crippen LogP contribution in [-0.4, -0.2) is 22.6 Å². The third kappa shape index (κ3) is 2.61. The van der Waals surface area contributed by atoms with Crippen LogP contribution in [0.3, 0.4) is 0 Å². The first-order valence-corrected chi connectivity index (χ1v) is 8.27. The van der Waals surface area contributed by atoms with E-state index < -0.39 is 5.69 Å². The van der Waals surface area contributed by atoms with Crippen LogP contribution in [0.4, 0.5) is 0 Å². The lowest BCUT2D eigenvalue weighted by Crippen LogP contribution is -2.35. The molecule has 0 radical (unpaired) electrons. The van der Waals surface area contributed by atoms with Gasteiger partial charge in [-0.3, -0.25) is 19.1 Å². The number of thiophene rings is 1. The molecule has 3 rings (SSSR count). The summed E-state index contributed by atoms with van der Waals surface area (Å²) in [7, 11) is 1.32. The highest BCUT2D eigenvalue weighted by molar-refractivity contribution is 7.18. The van der Waals surface area contributed by atoms with Crippen molar-refractivity contribution in [3.05, 3.63) is 31.3 Å². The number of fused-ring (bicyclic) bond motifs is 3. The number of hydrogen-bond donors (Lipinski definition) is 1. The predicted octanol–water partition coefficient (Wildman–Crippen LogP) is 1.58. The first-order chi connectivity index (χ1) is 10.6. The Balaban J connectivity index is 1.98. The molecule has 22 heavy (non-hydrogen) atoms. The van der Waals surface area contributed by atoms with Crippen LogP contribution in [-0.2, 0) is 28.9 Å². The van der Waals surface area contributed by atoms with Gasteiger partial charge in [0.2, 0.25) is 0 Å². The number of H-pyrrole nitrogens is 1. The van der Waals surface area contributed by atoms with E-state index in [0.717, 1.165) is 31.2 Å². The molecule has 7 heteroatoms. The van der Waals surface area contributed by atoms with Gasteiger partial charge in [0.1, 0.15) is 4.83 Å². The minimum absolute atomic E-state index is 0.197. The molecular weight excluding hydrogens is 304 g/mol. The van der Waals surface area contributed by atoms with Gasteiger partial charge in [0.25, 0.3) is 5.56 Å². The summed E-state index contributed by atoms with van der Waals surface area (Å²) in [6.45, 7) is 0.226. The van der Waals surface area contributed by atoms with Crippen molar-refractivity contribution in [1.82, 2.24) is 9.55 Å². The summed E-state index contributed by atoms with van der Waals surface area (Å²) in [6.07, 6.45) is 4.71. The van der Waals surface area contributed by atoms with Gasteiger partial charge in [-0.25, -0.2) is 4.79 Å². The van der Waals surface area contributed by atoms with Gasteiger partial charge in [-0.1, -0.05) is 0 Å². The molecule has 0 unspecified atom stereocenters. The lowest BCUT2D eigenvalue weighted by Gasteiger charge is -2.10. The number of aromatic amines is 1. The van der Waals surface area contributed by atoms with Crippen molar-refractivity contribution in [3.63, 3.8) is 0 Å². The standard InChI is InChI=1S/C15H18N2O4S/c1-21-11(18)7-4-8-17-14(19)12-9-5-2-3-6-10(9)22-13(12)16-15(17)20/h2-8H2,1H3,(H,16,20). The van der Waals surface area contributed by atoms with E-state index in [4.69, 9.17) is 0 Å². The normalized spacial score (nSPS) is 14.0. The summed E-state index contributed by atoms with van der Waals surface area (Å²) in [6, 6.07) is 0. The topological polar surface area (TPSA) is 81.2 Å². The minimum Gasteiger partial charge on any atom is -0.469 e. The molecule has 0 aromatic carbocycles. The molecule has 0 fully saturated rings. The van der Waals surface area contributed by atoms with Crippen molar-refractivity contribution in [2.45, 2.75) is 45.1 Å². The van der Waals surface area contributed by atoms with Crippen molar-refractivity contribution in [2.24, 2.45) is 0 Å². The summed E-state index contributed by atoms with van der Waals surface area (Å²) in [5.74, 6) is -0.335. The number of carbonyl (C=O) groups is 1. The molecule has 2 heterocycles. The molecule has 0 amide bonds. The monoisotopic (exact) mass is 322 g/mol. The number of nitrogens with zero attached hydrogens (tertiary/aromatic N) is 1. The van der Waals surface area contributed by atoms with Crippen LogP contribution in [0.25, 0.3) is 10.2 Å². The highest BCUT2D eigenvalue weighted by Crippen LogP contribution is 2.32. The van der Waals surface area contributed by atoms with Crippen molar-refractivity contribution < 1.29 is 9.53 Å².